The number of aryl methyl sites for hydroxylation is 1. The van der Waals surface area contributed by atoms with Gasteiger partial charge in [0.1, 0.15) is 6.26 Å². The van der Waals surface area contributed by atoms with Crippen molar-refractivity contribution in [1.29, 1.82) is 0 Å². The zero-order valence-corrected chi connectivity index (χ0v) is 14.2. The van der Waals surface area contributed by atoms with E-state index in [1.807, 2.05) is 12.1 Å². The number of hydrogen-bond acceptors (Lipinski definition) is 5. The van der Waals surface area contributed by atoms with E-state index in [0.29, 0.717) is 30.6 Å². The molecule has 132 valence electrons. The molecule has 0 saturated carbocycles. The van der Waals surface area contributed by atoms with Gasteiger partial charge in [-0.2, -0.15) is 0 Å². The third-order valence-electron chi connectivity index (χ3n) is 5.36. The van der Waals surface area contributed by atoms with Crippen LogP contribution in [0.15, 0.2) is 39.9 Å². The largest absolute Gasteiger partial charge is 0.441 e. The zero-order chi connectivity index (χ0) is 17.8. The Kier molecular flexibility index (Phi) is 3.15. The Labute approximate surface area is 148 Å². The molecule has 1 amide bonds. The molecular formula is C18H17N5O3. The van der Waals surface area contributed by atoms with Gasteiger partial charge >= 0.3 is 11.6 Å². The highest BCUT2D eigenvalue weighted by molar-refractivity contribution is 5.90. The lowest BCUT2D eigenvalue weighted by Gasteiger charge is -2.15. The summed E-state index contributed by atoms with van der Waals surface area (Å²) < 4.78 is 6.64. The van der Waals surface area contributed by atoms with Crippen LogP contribution in [0.1, 0.15) is 22.8 Å². The summed E-state index contributed by atoms with van der Waals surface area (Å²) in [5.74, 6) is 0.698. The molecule has 0 bridgehead atoms. The second-order valence-electron chi connectivity index (χ2n) is 6.92. The maximum Gasteiger partial charge on any atom is 0.327 e. The van der Waals surface area contributed by atoms with Crippen molar-refractivity contribution >= 4 is 22.6 Å². The van der Waals surface area contributed by atoms with Crippen molar-refractivity contribution in [2.24, 2.45) is 18.9 Å². The third-order valence-corrected chi connectivity index (χ3v) is 5.36. The summed E-state index contributed by atoms with van der Waals surface area (Å²) in [7, 11) is 1.71. The maximum absolute atomic E-state index is 12.4. The third kappa shape index (κ3) is 2.22. The van der Waals surface area contributed by atoms with Gasteiger partial charge in [-0.25, -0.2) is 14.8 Å². The molecule has 3 aromatic heterocycles. The molecule has 1 aliphatic carbocycles. The average Bonchev–Trinajstić information content (AvgIpc) is 3.38. The molecule has 26 heavy (non-hydrogen) atoms. The van der Waals surface area contributed by atoms with E-state index in [4.69, 9.17) is 4.42 Å². The molecule has 1 aliphatic heterocycles. The molecule has 3 aromatic rings. The van der Waals surface area contributed by atoms with Crippen molar-refractivity contribution in [1.82, 2.24) is 24.4 Å². The first kappa shape index (κ1) is 15.1. The van der Waals surface area contributed by atoms with Gasteiger partial charge in [-0.3, -0.25) is 9.36 Å². The summed E-state index contributed by atoms with van der Waals surface area (Å²) in [5.41, 5.74) is 3.31. The topological polar surface area (TPSA) is 97.0 Å². The molecule has 2 unspecified atom stereocenters. The molecule has 5 rings (SSSR count). The number of pyridine rings is 1. The highest BCUT2D eigenvalue weighted by atomic mass is 16.4. The van der Waals surface area contributed by atoms with Crippen molar-refractivity contribution in [2.75, 3.05) is 13.1 Å². The minimum absolute atomic E-state index is 0.148. The number of allylic oxidation sites excluding steroid dienone is 1. The number of H-pyrrole nitrogens is 1. The quantitative estimate of drug-likeness (QED) is 0.753. The summed E-state index contributed by atoms with van der Waals surface area (Å²) in [5, 5.41) is 0. The SMILES string of the molecule is Cn1c(=O)[nH]c2ccc(C3=CC4CN(C(=O)c5ncco5)CC4C3)nc21. The predicted molar refractivity (Wildman–Crippen MR) is 93.3 cm³/mol. The highest BCUT2D eigenvalue weighted by Crippen LogP contribution is 2.40. The summed E-state index contributed by atoms with van der Waals surface area (Å²) in [4.78, 5) is 37.3. The molecule has 2 atom stereocenters. The van der Waals surface area contributed by atoms with Crippen LogP contribution in [0.5, 0.6) is 0 Å². The van der Waals surface area contributed by atoms with Crippen LogP contribution in [-0.4, -0.2) is 43.4 Å². The molecule has 8 nitrogen and oxygen atoms in total. The first-order chi connectivity index (χ1) is 12.6. The van der Waals surface area contributed by atoms with Gasteiger partial charge in [0.25, 0.3) is 5.89 Å². The number of nitrogens with zero attached hydrogens (tertiary/aromatic N) is 4. The van der Waals surface area contributed by atoms with E-state index in [0.717, 1.165) is 17.6 Å². The molecule has 1 saturated heterocycles. The van der Waals surface area contributed by atoms with Crippen LogP contribution in [0.3, 0.4) is 0 Å². The lowest BCUT2D eigenvalue weighted by atomic mass is 9.99. The van der Waals surface area contributed by atoms with Crippen molar-refractivity contribution in [3.05, 3.63) is 52.7 Å². The maximum atomic E-state index is 12.4. The van der Waals surface area contributed by atoms with Crippen molar-refractivity contribution in [3.63, 3.8) is 0 Å². The second kappa shape index (κ2) is 5.42. The molecule has 0 aromatic carbocycles. The molecule has 0 spiro atoms. The van der Waals surface area contributed by atoms with Crippen LogP contribution in [-0.2, 0) is 7.05 Å². The Morgan fingerprint density at radius 3 is 3.00 bits per heavy atom. The van der Waals surface area contributed by atoms with Gasteiger partial charge < -0.3 is 14.3 Å². The second-order valence-corrected chi connectivity index (χ2v) is 6.92. The number of likely N-dealkylation sites (tertiary alicyclic amines) is 1. The van der Waals surface area contributed by atoms with E-state index < -0.39 is 0 Å². The number of aromatic nitrogens is 4. The Bertz CT molecular complexity index is 1090. The fourth-order valence-corrected chi connectivity index (χ4v) is 4.01. The molecule has 2 aliphatic rings. The Morgan fingerprint density at radius 1 is 1.35 bits per heavy atom. The minimum Gasteiger partial charge on any atom is -0.441 e. The molecule has 0 radical (unpaired) electrons. The first-order valence-electron chi connectivity index (χ1n) is 8.56. The fraction of sp³-hybridized carbons (Fsp3) is 0.333. The first-order valence-corrected chi connectivity index (χ1v) is 8.56. The number of carbonyl (C=O) groups is 1. The van der Waals surface area contributed by atoms with Gasteiger partial charge in [-0.1, -0.05) is 6.08 Å². The lowest BCUT2D eigenvalue weighted by molar-refractivity contribution is 0.0745. The van der Waals surface area contributed by atoms with Crippen LogP contribution in [0.4, 0.5) is 0 Å². The fourth-order valence-electron chi connectivity index (χ4n) is 4.01. The van der Waals surface area contributed by atoms with Crippen LogP contribution in [0, 0.1) is 11.8 Å². The van der Waals surface area contributed by atoms with Gasteiger partial charge in [0.15, 0.2) is 5.65 Å². The van der Waals surface area contributed by atoms with Crippen LogP contribution < -0.4 is 5.69 Å². The van der Waals surface area contributed by atoms with Gasteiger partial charge in [0, 0.05) is 20.1 Å². The summed E-state index contributed by atoms with van der Waals surface area (Å²) >= 11 is 0. The Morgan fingerprint density at radius 2 is 2.23 bits per heavy atom. The zero-order valence-electron chi connectivity index (χ0n) is 14.2. The van der Waals surface area contributed by atoms with Crippen LogP contribution in [0.2, 0.25) is 0 Å². The Balaban J connectivity index is 1.39. The average molecular weight is 351 g/mol. The number of fused-ring (bicyclic) bond motifs is 2. The van der Waals surface area contributed by atoms with E-state index in [1.165, 1.54) is 22.6 Å². The van der Waals surface area contributed by atoms with Crippen molar-refractivity contribution in [2.45, 2.75) is 6.42 Å². The number of aromatic amines is 1. The molecule has 1 N–H and O–H groups in total. The van der Waals surface area contributed by atoms with E-state index >= 15 is 0 Å². The number of hydrogen-bond donors (Lipinski definition) is 1. The van der Waals surface area contributed by atoms with Crippen LogP contribution in [0.25, 0.3) is 16.7 Å². The van der Waals surface area contributed by atoms with Crippen molar-refractivity contribution < 1.29 is 9.21 Å². The van der Waals surface area contributed by atoms with E-state index in [9.17, 15) is 9.59 Å². The number of carbonyl (C=O) groups excluding carboxylic acids is 1. The smallest absolute Gasteiger partial charge is 0.327 e. The number of oxazole rings is 1. The number of nitrogens with one attached hydrogen (secondary N) is 1. The minimum atomic E-state index is -0.164. The van der Waals surface area contributed by atoms with Crippen molar-refractivity contribution in [3.8, 4) is 0 Å². The standard InChI is InChI=1S/C18H17N5O3/c1-22-15-14(21-18(22)25)3-2-13(20-15)10-6-11-8-23(9-12(11)7-10)17(24)16-19-4-5-26-16/h2-6,11-12H,7-9H2,1H3,(H,21,25). The predicted octanol–water partition coefficient (Wildman–Crippen LogP) is 1.43. The molecular weight excluding hydrogens is 334 g/mol. The van der Waals surface area contributed by atoms with Gasteiger partial charge in [0.2, 0.25) is 0 Å². The summed E-state index contributed by atoms with van der Waals surface area (Å²) in [6.45, 7) is 1.36. The van der Waals surface area contributed by atoms with E-state index in [2.05, 4.69) is 21.0 Å². The lowest BCUT2D eigenvalue weighted by Crippen LogP contribution is -2.29. The van der Waals surface area contributed by atoms with Gasteiger partial charge in [-0.05, 0) is 36.0 Å². The number of rotatable bonds is 2. The monoisotopic (exact) mass is 351 g/mol. The van der Waals surface area contributed by atoms with E-state index in [1.54, 1.807) is 11.9 Å². The van der Waals surface area contributed by atoms with Gasteiger partial charge in [-0.15, -0.1) is 0 Å². The normalized spacial score (nSPS) is 22.0. The summed E-state index contributed by atoms with van der Waals surface area (Å²) in [6, 6.07) is 3.84. The molecule has 8 heteroatoms. The molecule has 1 fully saturated rings. The molecule has 4 heterocycles. The highest BCUT2D eigenvalue weighted by Gasteiger charge is 2.39. The van der Waals surface area contributed by atoms with Gasteiger partial charge in [0.05, 0.1) is 17.4 Å². The summed E-state index contributed by atoms with van der Waals surface area (Å²) in [6.07, 6.45) is 5.99. The Hall–Kier alpha value is -3.16. The van der Waals surface area contributed by atoms with E-state index in [-0.39, 0.29) is 17.5 Å². The number of imidazole rings is 1. The van der Waals surface area contributed by atoms with Crippen LogP contribution >= 0.6 is 0 Å². The number of amides is 1.